The van der Waals surface area contributed by atoms with E-state index in [-0.39, 0.29) is 17.3 Å². The second-order valence-corrected chi connectivity index (χ2v) is 6.09. The first-order valence-electron chi connectivity index (χ1n) is 7.57. The maximum absolute atomic E-state index is 12.0. The predicted octanol–water partition coefficient (Wildman–Crippen LogP) is 1.92. The number of carboxylic acid groups (broad SMARTS) is 1. The van der Waals surface area contributed by atoms with Crippen LogP contribution in [0.2, 0.25) is 0 Å². The molecule has 0 aliphatic carbocycles. The summed E-state index contributed by atoms with van der Waals surface area (Å²) >= 11 is 0. The molecule has 5 nitrogen and oxygen atoms in total. The van der Waals surface area contributed by atoms with Gasteiger partial charge in [-0.1, -0.05) is 13.3 Å². The summed E-state index contributed by atoms with van der Waals surface area (Å²) < 4.78 is 0. The maximum Gasteiger partial charge on any atom is 0.308 e. The third kappa shape index (κ3) is 3.35. The zero-order valence-electron chi connectivity index (χ0n) is 13.0. The number of pyridine rings is 1. The van der Waals surface area contributed by atoms with Crippen LogP contribution in [0.5, 0.6) is 0 Å². The number of aromatic amines is 1. The fourth-order valence-electron chi connectivity index (χ4n) is 3.22. The van der Waals surface area contributed by atoms with Gasteiger partial charge in [0.2, 0.25) is 0 Å². The Hall–Kier alpha value is -1.62. The lowest BCUT2D eigenvalue weighted by Crippen LogP contribution is -2.25. The lowest BCUT2D eigenvalue weighted by Gasteiger charge is -2.17. The van der Waals surface area contributed by atoms with Gasteiger partial charge in [0.25, 0.3) is 0 Å². The molecule has 1 fully saturated rings. The van der Waals surface area contributed by atoms with Crippen molar-refractivity contribution in [2.45, 2.75) is 40.2 Å². The molecule has 5 heteroatoms. The molecule has 0 amide bonds. The summed E-state index contributed by atoms with van der Waals surface area (Å²) in [5.74, 6) is -0.780. The van der Waals surface area contributed by atoms with E-state index in [1.165, 1.54) is 0 Å². The summed E-state index contributed by atoms with van der Waals surface area (Å²) in [6, 6.07) is 0. The number of rotatable bonds is 5. The van der Waals surface area contributed by atoms with Gasteiger partial charge in [0.05, 0.1) is 5.92 Å². The number of aromatic nitrogens is 1. The van der Waals surface area contributed by atoms with Gasteiger partial charge in [0, 0.05) is 42.7 Å². The van der Waals surface area contributed by atoms with Crippen LogP contribution in [-0.2, 0) is 11.3 Å². The summed E-state index contributed by atoms with van der Waals surface area (Å²) in [5, 5.41) is 9.34. The minimum absolute atomic E-state index is 0.0721. The normalized spacial score (nSPS) is 22.6. The van der Waals surface area contributed by atoms with Crippen molar-refractivity contribution in [1.82, 2.24) is 9.88 Å². The number of likely N-dealkylation sites (tertiary alicyclic amines) is 1. The van der Waals surface area contributed by atoms with Gasteiger partial charge in [-0.3, -0.25) is 14.5 Å². The summed E-state index contributed by atoms with van der Waals surface area (Å²) in [4.78, 5) is 28.7. The summed E-state index contributed by atoms with van der Waals surface area (Å²) in [5.41, 5.74) is 2.42. The van der Waals surface area contributed by atoms with E-state index in [1.807, 2.05) is 6.92 Å². The van der Waals surface area contributed by atoms with Crippen LogP contribution in [0.4, 0.5) is 0 Å². The number of hydrogen-bond acceptors (Lipinski definition) is 3. The Morgan fingerprint density at radius 1 is 1.43 bits per heavy atom. The Morgan fingerprint density at radius 3 is 2.76 bits per heavy atom. The maximum atomic E-state index is 12.0. The highest BCUT2D eigenvalue weighted by Crippen LogP contribution is 2.28. The average molecular weight is 292 g/mol. The quantitative estimate of drug-likeness (QED) is 0.869. The Kier molecular flexibility index (Phi) is 4.83. The number of H-pyrrole nitrogens is 1. The van der Waals surface area contributed by atoms with E-state index in [9.17, 15) is 14.7 Å². The average Bonchev–Trinajstić information content (AvgIpc) is 2.83. The molecule has 1 aromatic heterocycles. The zero-order valence-corrected chi connectivity index (χ0v) is 13.0. The molecule has 2 rings (SSSR count). The van der Waals surface area contributed by atoms with Gasteiger partial charge < -0.3 is 10.1 Å². The van der Waals surface area contributed by atoms with E-state index >= 15 is 0 Å². The number of aliphatic carboxylic acids is 1. The van der Waals surface area contributed by atoms with Crippen LogP contribution in [0.1, 0.15) is 36.6 Å². The van der Waals surface area contributed by atoms with Crippen molar-refractivity contribution in [2.24, 2.45) is 11.8 Å². The monoisotopic (exact) mass is 292 g/mol. The fraction of sp³-hybridized carbons (Fsp3) is 0.625. The predicted molar refractivity (Wildman–Crippen MR) is 81.3 cm³/mol. The Balaban J connectivity index is 2.13. The largest absolute Gasteiger partial charge is 0.481 e. The molecule has 1 aliphatic rings. The fourth-order valence-corrected chi connectivity index (χ4v) is 3.22. The van der Waals surface area contributed by atoms with Gasteiger partial charge in [0.1, 0.15) is 0 Å². The SMILES string of the molecule is CCC[C@@H]1CN(Cc2[nH]cc(C)c(=O)c2C)C[C@H]1C(=O)O. The molecule has 1 saturated heterocycles. The van der Waals surface area contributed by atoms with Gasteiger partial charge in [-0.05, 0) is 26.2 Å². The topological polar surface area (TPSA) is 73.4 Å². The van der Waals surface area contributed by atoms with Gasteiger partial charge in [0.15, 0.2) is 5.43 Å². The molecule has 0 bridgehead atoms. The smallest absolute Gasteiger partial charge is 0.308 e. The molecule has 21 heavy (non-hydrogen) atoms. The van der Waals surface area contributed by atoms with Crippen LogP contribution >= 0.6 is 0 Å². The van der Waals surface area contributed by atoms with Crippen LogP contribution in [0.15, 0.2) is 11.0 Å². The van der Waals surface area contributed by atoms with Gasteiger partial charge in [-0.25, -0.2) is 0 Å². The third-order valence-corrected chi connectivity index (χ3v) is 4.49. The minimum atomic E-state index is -0.704. The van der Waals surface area contributed by atoms with Crippen LogP contribution in [0.25, 0.3) is 0 Å². The number of carboxylic acids is 1. The van der Waals surface area contributed by atoms with E-state index in [0.717, 1.165) is 30.6 Å². The van der Waals surface area contributed by atoms with Gasteiger partial charge in [-0.2, -0.15) is 0 Å². The molecule has 116 valence electrons. The molecule has 2 atom stereocenters. The summed E-state index contributed by atoms with van der Waals surface area (Å²) in [6.07, 6.45) is 3.68. The highest BCUT2D eigenvalue weighted by atomic mass is 16.4. The van der Waals surface area contributed by atoms with Gasteiger partial charge >= 0.3 is 5.97 Å². The van der Waals surface area contributed by atoms with Crippen molar-refractivity contribution in [3.63, 3.8) is 0 Å². The van der Waals surface area contributed by atoms with Crippen LogP contribution < -0.4 is 5.43 Å². The molecule has 2 heterocycles. The Morgan fingerprint density at radius 2 is 2.14 bits per heavy atom. The molecular weight excluding hydrogens is 268 g/mol. The van der Waals surface area contributed by atoms with Crippen LogP contribution in [0.3, 0.4) is 0 Å². The van der Waals surface area contributed by atoms with Crippen LogP contribution in [-0.4, -0.2) is 34.0 Å². The minimum Gasteiger partial charge on any atom is -0.481 e. The van der Waals surface area contributed by atoms with Gasteiger partial charge in [-0.15, -0.1) is 0 Å². The van der Waals surface area contributed by atoms with E-state index in [4.69, 9.17) is 0 Å². The molecule has 0 saturated carbocycles. The highest BCUT2D eigenvalue weighted by molar-refractivity contribution is 5.71. The lowest BCUT2D eigenvalue weighted by molar-refractivity contribution is -0.142. The molecule has 0 spiro atoms. The number of hydrogen-bond donors (Lipinski definition) is 2. The number of nitrogens with one attached hydrogen (secondary N) is 1. The van der Waals surface area contributed by atoms with Crippen molar-refractivity contribution in [3.8, 4) is 0 Å². The molecule has 0 unspecified atom stereocenters. The van der Waals surface area contributed by atoms with Crippen molar-refractivity contribution >= 4 is 5.97 Å². The molecule has 2 N–H and O–H groups in total. The molecule has 0 aromatic carbocycles. The summed E-state index contributed by atoms with van der Waals surface area (Å²) in [7, 11) is 0. The lowest BCUT2D eigenvalue weighted by atomic mass is 9.92. The molecule has 1 aromatic rings. The second-order valence-electron chi connectivity index (χ2n) is 6.09. The first-order valence-corrected chi connectivity index (χ1v) is 7.57. The van der Waals surface area contributed by atoms with E-state index in [0.29, 0.717) is 18.7 Å². The molecule has 0 radical (unpaired) electrons. The van der Waals surface area contributed by atoms with E-state index in [1.54, 1.807) is 13.1 Å². The van der Waals surface area contributed by atoms with Crippen molar-refractivity contribution in [2.75, 3.05) is 13.1 Å². The summed E-state index contributed by atoms with van der Waals surface area (Å²) in [6.45, 7) is 7.68. The number of nitrogens with zero attached hydrogens (tertiary/aromatic N) is 1. The highest BCUT2D eigenvalue weighted by Gasteiger charge is 2.36. The van der Waals surface area contributed by atoms with Crippen LogP contribution in [0, 0.1) is 25.7 Å². The number of aryl methyl sites for hydroxylation is 1. The number of carbonyl (C=O) groups is 1. The van der Waals surface area contributed by atoms with Crippen molar-refractivity contribution in [1.29, 1.82) is 0 Å². The first-order chi connectivity index (χ1) is 9.93. The third-order valence-electron chi connectivity index (χ3n) is 4.49. The zero-order chi connectivity index (χ0) is 15.6. The standard InChI is InChI=1S/C16H24N2O3/c1-4-5-12-7-18(8-13(12)16(20)21)9-14-11(3)15(19)10(2)6-17-14/h6,12-13H,4-5,7-9H2,1-3H3,(H,17,19)(H,20,21)/t12-,13-/m1/s1. The molecule has 1 aliphatic heterocycles. The van der Waals surface area contributed by atoms with E-state index in [2.05, 4.69) is 16.8 Å². The Labute approximate surface area is 125 Å². The van der Waals surface area contributed by atoms with Crippen molar-refractivity contribution in [3.05, 3.63) is 33.2 Å². The van der Waals surface area contributed by atoms with E-state index < -0.39 is 5.97 Å². The Bertz CT molecular complexity index is 579. The second kappa shape index (κ2) is 6.43. The first kappa shape index (κ1) is 15.8. The molecular formula is C16H24N2O3. The van der Waals surface area contributed by atoms with Crippen molar-refractivity contribution < 1.29 is 9.90 Å².